The summed E-state index contributed by atoms with van der Waals surface area (Å²) < 4.78 is 29.7. The summed E-state index contributed by atoms with van der Waals surface area (Å²) in [7, 11) is -2.11. The van der Waals surface area contributed by atoms with Crippen LogP contribution in [0.15, 0.2) is 48.5 Å². The molecule has 1 aliphatic heterocycles. The number of carbonyl (C=O) groups is 2. The van der Waals surface area contributed by atoms with Crippen molar-refractivity contribution in [1.29, 1.82) is 0 Å². The first-order chi connectivity index (χ1) is 14.3. The van der Waals surface area contributed by atoms with E-state index in [0.717, 1.165) is 6.26 Å². The zero-order chi connectivity index (χ0) is 21.7. The molecule has 1 fully saturated rings. The molecule has 3 rings (SSSR count). The zero-order valence-corrected chi connectivity index (χ0v) is 17.5. The van der Waals surface area contributed by atoms with Crippen molar-refractivity contribution in [2.45, 2.75) is 18.9 Å². The van der Waals surface area contributed by atoms with Crippen LogP contribution in [0, 0.1) is 11.8 Å². The van der Waals surface area contributed by atoms with Crippen molar-refractivity contribution >= 4 is 27.6 Å². The second-order valence-electron chi connectivity index (χ2n) is 6.92. The number of nitrogens with zero attached hydrogens (tertiary/aromatic N) is 1. The molecular formula is C22H22N2O5S. The molecule has 1 heterocycles. The summed E-state index contributed by atoms with van der Waals surface area (Å²) >= 11 is 0. The minimum absolute atomic E-state index is 0.353. The van der Waals surface area contributed by atoms with Crippen molar-refractivity contribution in [3.05, 3.63) is 65.2 Å². The van der Waals surface area contributed by atoms with Gasteiger partial charge in [-0.05, 0) is 49.2 Å². The molecule has 1 atom stereocenters. The maximum Gasteiger partial charge on any atom is 0.337 e. The number of esters is 1. The number of carbonyl (C=O) groups excluding carboxylic acids is 2. The van der Waals surface area contributed by atoms with Crippen LogP contribution in [0.5, 0.6) is 0 Å². The highest BCUT2D eigenvalue weighted by atomic mass is 32.2. The normalized spacial score (nSPS) is 16.4. The molecular weight excluding hydrogens is 404 g/mol. The number of benzene rings is 2. The molecule has 0 aromatic heterocycles. The van der Waals surface area contributed by atoms with Gasteiger partial charge in [-0.15, -0.1) is 0 Å². The number of methoxy groups -OCH3 is 1. The highest BCUT2D eigenvalue weighted by Gasteiger charge is 2.36. The highest BCUT2D eigenvalue weighted by molar-refractivity contribution is 7.88. The van der Waals surface area contributed by atoms with Gasteiger partial charge in [-0.3, -0.25) is 4.79 Å². The topological polar surface area (TPSA) is 92.8 Å². The standard InChI is InChI=1S/C22H22N2O5S/c1-29-22(26)18-8-3-6-16(14-18)11-12-17-7-4-9-19(15-17)23-21(25)20-10-5-13-24(20)30(2,27)28/h3-4,6-9,14-15,20H,5,10,13H2,1-2H3,(H,23,25). The van der Waals surface area contributed by atoms with Gasteiger partial charge in [0.2, 0.25) is 15.9 Å². The summed E-state index contributed by atoms with van der Waals surface area (Å²) in [5.41, 5.74) is 2.28. The molecule has 0 radical (unpaired) electrons. The second kappa shape index (κ2) is 9.11. The van der Waals surface area contributed by atoms with Crippen LogP contribution < -0.4 is 5.32 Å². The molecule has 0 spiro atoms. The number of sulfonamides is 1. The first kappa shape index (κ1) is 21.6. The fourth-order valence-corrected chi connectivity index (χ4v) is 4.41. The van der Waals surface area contributed by atoms with Crippen LogP contribution >= 0.6 is 0 Å². The molecule has 8 heteroatoms. The number of hydrogen-bond acceptors (Lipinski definition) is 5. The van der Waals surface area contributed by atoms with Gasteiger partial charge in [0.1, 0.15) is 6.04 Å². The van der Waals surface area contributed by atoms with E-state index in [1.807, 2.05) is 0 Å². The van der Waals surface area contributed by atoms with E-state index >= 15 is 0 Å². The lowest BCUT2D eigenvalue weighted by molar-refractivity contribution is -0.119. The number of amides is 1. The predicted molar refractivity (Wildman–Crippen MR) is 113 cm³/mol. The maximum atomic E-state index is 12.6. The van der Waals surface area contributed by atoms with Crippen LogP contribution in [-0.4, -0.2) is 50.6 Å². The molecule has 0 bridgehead atoms. The third-order valence-electron chi connectivity index (χ3n) is 4.70. The van der Waals surface area contributed by atoms with E-state index in [2.05, 4.69) is 17.2 Å². The second-order valence-corrected chi connectivity index (χ2v) is 8.86. The van der Waals surface area contributed by atoms with Gasteiger partial charge >= 0.3 is 5.97 Å². The first-order valence-corrected chi connectivity index (χ1v) is 11.2. The third-order valence-corrected chi connectivity index (χ3v) is 5.99. The van der Waals surface area contributed by atoms with Crippen molar-refractivity contribution in [3.8, 4) is 11.8 Å². The molecule has 1 N–H and O–H groups in total. The van der Waals surface area contributed by atoms with Crippen molar-refractivity contribution < 1.29 is 22.7 Å². The summed E-state index contributed by atoms with van der Waals surface area (Å²) in [5.74, 6) is 5.20. The Balaban J connectivity index is 1.74. The SMILES string of the molecule is COC(=O)c1cccc(C#Cc2cccc(NC(=O)C3CCCN3S(C)(=O)=O)c2)c1. The smallest absolute Gasteiger partial charge is 0.337 e. The average molecular weight is 426 g/mol. The first-order valence-electron chi connectivity index (χ1n) is 9.36. The van der Waals surface area contributed by atoms with Gasteiger partial charge in [-0.1, -0.05) is 24.0 Å². The zero-order valence-electron chi connectivity index (χ0n) is 16.7. The lowest BCUT2D eigenvalue weighted by atomic mass is 10.1. The van der Waals surface area contributed by atoms with E-state index in [1.165, 1.54) is 11.4 Å². The van der Waals surface area contributed by atoms with Crippen LogP contribution in [0.4, 0.5) is 5.69 Å². The largest absolute Gasteiger partial charge is 0.465 e. The number of hydrogen-bond donors (Lipinski definition) is 1. The van der Waals surface area contributed by atoms with Gasteiger partial charge in [-0.2, -0.15) is 4.31 Å². The summed E-state index contributed by atoms with van der Waals surface area (Å²) in [5, 5.41) is 2.78. The Morgan fingerprint density at radius 2 is 1.77 bits per heavy atom. The lowest BCUT2D eigenvalue weighted by Gasteiger charge is -2.21. The van der Waals surface area contributed by atoms with Crippen LogP contribution in [0.1, 0.15) is 34.3 Å². The Morgan fingerprint density at radius 3 is 2.43 bits per heavy atom. The van der Waals surface area contributed by atoms with E-state index in [9.17, 15) is 18.0 Å². The van der Waals surface area contributed by atoms with Gasteiger partial charge in [0.15, 0.2) is 0 Å². The molecule has 7 nitrogen and oxygen atoms in total. The van der Waals surface area contributed by atoms with Crippen molar-refractivity contribution in [1.82, 2.24) is 4.31 Å². The van der Waals surface area contributed by atoms with E-state index in [0.29, 0.717) is 41.8 Å². The quantitative estimate of drug-likeness (QED) is 0.598. The molecule has 1 amide bonds. The Kier molecular flexibility index (Phi) is 6.55. The molecule has 0 saturated carbocycles. The lowest BCUT2D eigenvalue weighted by Crippen LogP contribution is -2.42. The molecule has 1 unspecified atom stereocenters. The maximum absolute atomic E-state index is 12.6. The van der Waals surface area contributed by atoms with Crippen molar-refractivity contribution in [2.75, 3.05) is 25.2 Å². The summed E-state index contributed by atoms with van der Waals surface area (Å²) in [6.45, 7) is 0.354. The van der Waals surface area contributed by atoms with E-state index in [4.69, 9.17) is 4.74 Å². The fraction of sp³-hybridized carbons (Fsp3) is 0.273. The Bertz CT molecular complexity index is 1130. The molecule has 1 aliphatic rings. The molecule has 30 heavy (non-hydrogen) atoms. The molecule has 0 aliphatic carbocycles. The Hall–Kier alpha value is -3.15. The van der Waals surface area contributed by atoms with Crippen LogP contribution in [0.2, 0.25) is 0 Å². The van der Waals surface area contributed by atoms with E-state index < -0.39 is 22.0 Å². The Morgan fingerprint density at radius 1 is 1.10 bits per heavy atom. The number of nitrogens with one attached hydrogen (secondary N) is 1. The van der Waals surface area contributed by atoms with Crippen molar-refractivity contribution in [3.63, 3.8) is 0 Å². The molecule has 1 saturated heterocycles. The number of rotatable bonds is 4. The molecule has 2 aromatic rings. The summed E-state index contributed by atoms with van der Waals surface area (Å²) in [6, 6.07) is 13.1. The van der Waals surface area contributed by atoms with Gasteiger partial charge in [0.05, 0.1) is 18.9 Å². The monoisotopic (exact) mass is 426 g/mol. The van der Waals surface area contributed by atoms with E-state index in [-0.39, 0.29) is 5.91 Å². The van der Waals surface area contributed by atoms with E-state index in [1.54, 1.807) is 48.5 Å². The molecule has 2 aromatic carbocycles. The van der Waals surface area contributed by atoms with Gasteiger partial charge in [0.25, 0.3) is 0 Å². The highest BCUT2D eigenvalue weighted by Crippen LogP contribution is 2.22. The minimum Gasteiger partial charge on any atom is -0.465 e. The number of anilines is 1. The van der Waals surface area contributed by atoms with Crippen LogP contribution in [0.3, 0.4) is 0 Å². The number of ether oxygens (including phenoxy) is 1. The Labute approximate surface area is 176 Å². The third kappa shape index (κ3) is 5.26. The molecule has 156 valence electrons. The van der Waals surface area contributed by atoms with Crippen LogP contribution in [-0.2, 0) is 19.6 Å². The predicted octanol–water partition coefficient (Wildman–Crippen LogP) is 2.24. The van der Waals surface area contributed by atoms with Crippen molar-refractivity contribution in [2.24, 2.45) is 0 Å². The van der Waals surface area contributed by atoms with Crippen LogP contribution in [0.25, 0.3) is 0 Å². The van der Waals surface area contributed by atoms with Gasteiger partial charge < -0.3 is 10.1 Å². The average Bonchev–Trinajstić information content (AvgIpc) is 3.23. The fourth-order valence-electron chi connectivity index (χ4n) is 3.29. The summed E-state index contributed by atoms with van der Waals surface area (Å²) in [6.07, 6.45) is 2.26. The minimum atomic E-state index is -3.43. The van der Waals surface area contributed by atoms with Gasteiger partial charge in [-0.25, -0.2) is 13.2 Å². The summed E-state index contributed by atoms with van der Waals surface area (Å²) in [4.78, 5) is 24.2. The van der Waals surface area contributed by atoms with Gasteiger partial charge in [0, 0.05) is 23.4 Å².